The second-order valence-electron chi connectivity index (χ2n) is 4.34. The highest BCUT2D eigenvalue weighted by Gasteiger charge is 2.19. The number of carbonyl (C=O) groups is 1. The molecule has 1 aromatic heterocycles. The first-order valence-corrected chi connectivity index (χ1v) is 6.49. The van der Waals surface area contributed by atoms with Gasteiger partial charge in [-0.05, 0) is 38.1 Å². The number of carbonyl (C=O) groups excluding carboxylic acids is 1. The number of methoxy groups -OCH3 is 1. The van der Waals surface area contributed by atoms with Crippen molar-refractivity contribution in [3.63, 3.8) is 0 Å². The van der Waals surface area contributed by atoms with E-state index >= 15 is 0 Å². The molecule has 0 saturated heterocycles. The molecule has 0 aliphatic carbocycles. The fourth-order valence-corrected chi connectivity index (χ4v) is 2.00. The van der Waals surface area contributed by atoms with E-state index in [0.717, 1.165) is 0 Å². The van der Waals surface area contributed by atoms with Crippen LogP contribution in [0.4, 0.5) is 0 Å². The van der Waals surface area contributed by atoms with E-state index < -0.39 is 11.7 Å². The molecule has 0 saturated carbocycles. The largest absolute Gasteiger partial charge is 0.497 e. The van der Waals surface area contributed by atoms with E-state index in [9.17, 15) is 9.59 Å². The summed E-state index contributed by atoms with van der Waals surface area (Å²) in [5.41, 5.74) is 1.14. The van der Waals surface area contributed by atoms with Gasteiger partial charge < -0.3 is 14.5 Å². The average Bonchev–Trinajstić information content (AvgIpc) is 2.46. The lowest BCUT2D eigenvalue weighted by Gasteiger charge is -2.10. The predicted octanol–water partition coefficient (Wildman–Crippen LogP) is 1.93. The Kier molecular flexibility index (Phi) is 4.37. The fourth-order valence-electron chi connectivity index (χ4n) is 2.00. The van der Waals surface area contributed by atoms with Gasteiger partial charge in [-0.25, -0.2) is 9.59 Å². The van der Waals surface area contributed by atoms with Crippen molar-refractivity contribution in [2.45, 2.75) is 13.8 Å². The van der Waals surface area contributed by atoms with Crippen molar-refractivity contribution in [1.82, 2.24) is 9.97 Å². The van der Waals surface area contributed by atoms with Gasteiger partial charge in [-0.3, -0.25) is 0 Å². The molecule has 0 spiro atoms. The monoisotopic (exact) mass is 288 g/mol. The summed E-state index contributed by atoms with van der Waals surface area (Å²) in [5, 5.41) is 0. The molecule has 0 unspecified atom stereocenters. The summed E-state index contributed by atoms with van der Waals surface area (Å²) in [6, 6.07) is 6.95. The average molecular weight is 288 g/mol. The van der Waals surface area contributed by atoms with Gasteiger partial charge in [-0.1, -0.05) is 0 Å². The minimum absolute atomic E-state index is 0.249. The number of aryl methyl sites for hydroxylation is 1. The van der Waals surface area contributed by atoms with Crippen LogP contribution in [-0.4, -0.2) is 29.7 Å². The van der Waals surface area contributed by atoms with Crippen LogP contribution < -0.4 is 10.4 Å². The van der Waals surface area contributed by atoms with Gasteiger partial charge in [0.2, 0.25) is 0 Å². The zero-order valence-electron chi connectivity index (χ0n) is 12.1. The molecule has 0 fully saturated rings. The molecule has 2 aromatic rings. The third kappa shape index (κ3) is 3.10. The maximum Gasteiger partial charge on any atom is 0.345 e. The Bertz CT molecular complexity index is 705. The molecule has 0 atom stereocenters. The van der Waals surface area contributed by atoms with Gasteiger partial charge >= 0.3 is 11.7 Å². The number of H-pyrrole nitrogens is 1. The first-order chi connectivity index (χ1) is 10.1. The highest BCUT2D eigenvalue weighted by molar-refractivity contribution is 5.97. The number of ether oxygens (including phenoxy) is 2. The number of hydrogen-bond acceptors (Lipinski definition) is 5. The fraction of sp³-hybridized carbons (Fsp3) is 0.267. The molecule has 110 valence electrons. The third-order valence-corrected chi connectivity index (χ3v) is 2.96. The van der Waals surface area contributed by atoms with Crippen LogP contribution in [-0.2, 0) is 4.74 Å². The zero-order valence-corrected chi connectivity index (χ0v) is 12.1. The number of aromatic nitrogens is 2. The summed E-state index contributed by atoms with van der Waals surface area (Å²) in [6.07, 6.45) is 0. The van der Waals surface area contributed by atoms with Gasteiger partial charge in [0.15, 0.2) is 0 Å². The first-order valence-electron chi connectivity index (χ1n) is 6.49. The van der Waals surface area contributed by atoms with Crippen LogP contribution in [0.2, 0.25) is 0 Å². The molecule has 1 heterocycles. The van der Waals surface area contributed by atoms with E-state index in [1.54, 1.807) is 45.2 Å². The molecule has 6 nitrogen and oxygen atoms in total. The van der Waals surface area contributed by atoms with E-state index in [0.29, 0.717) is 22.7 Å². The Labute approximate surface area is 121 Å². The molecule has 0 radical (unpaired) electrons. The lowest BCUT2D eigenvalue weighted by atomic mass is 10.0. The van der Waals surface area contributed by atoms with Gasteiger partial charge in [-0.15, -0.1) is 0 Å². The van der Waals surface area contributed by atoms with E-state index in [2.05, 4.69) is 9.97 Å². The number of nitrogens with one attached hydrogen (secondary N) is 1. The molecule has 0 aliphatic heterocycles. The Morgan fingerprint density at radius 2 is 1.95 bits per heavy atom. The number of rotatable bonds is 4. The summed E-state index contributed by atoms with van der Waals surface area (Å²) >= 11 is 0. The van der Waals surface area contributed by atoms with E-state index in [1.165, 1.54) is 0 Å². The smallest absolute Gasteiger partial charge is 0.345 e. The topological polar surface area (TPSA) is 81.3 Å². The first kappa shape index (κ1) is 14.8. The number of benzene rings is 1. The van der Waals surface area contributed by atoms with Gasteiger partial charge in [0.1, 0.15) is 11.3 Å². The van der Waals surface area contributed by atoms with Crippen LogP contribution in [0, 0.1) is 6.92 Å². The Balaban J connectivity index is 2.60. The molecule has 2 rings (SSSR count). The van der Waals surface area contributed by atoms with Crippen LogP contribution in [0.1, 0.15) is 23.0 Å². The van der Waals surface area contributed by atoms with Crippen molar-refractivity contribution in [1.29, 1.82) is 0 Å². The molecular formula is C15H16N2O4. The van der Waals surface area contributed by atoms with Crippen LogP contribution in [0.5, 0.6) is 5.75 Å². The summed E-state index contributed by atoms with van der Waals surface area (Å²) in [7, 11) is 1.56. The molecule has 6 heteroatoms. The quantitative estimate of drug-likeness (QED) is 0.869. The normalized spacial score (nSPS) is 10.2. The van der Waals surface area contributed by atoms with E-state index in [1.807, 2.05) is 0 Å². The van der Waals surface area contributed by atoms with E-state index in [-0.39, 0.29) is 12.2 Å². The predicted molar refractivity (Wildman–Crippen MR) is 77.5 cm³/mol. The molecule has 0 amide bonds. The van der Waals surface area contributed by atoms with Gasteiger partial charge in [0.25, 0.3) is 0 Å². The molecule has 0 bridgehead atoms. The zero-order chi connectivity index (χ0) is 15.4. The van der Waals surface area contributed by atoms with Crippen molar-refractivity contribution < 1.29 is 14.3 Å². The maximum atomic E-state index is 12.1. The summed E-state index contributed by atoms with van der Waals surface area (Å²) in [4.78, 5) is 30.1. The summed E-state index contributed by atoms with van der Waals surface area (Å²) in [5.74, 6) is 0.169. The highest BCUT2D eigenvalue weighted by atomic mass is 16.5. The maximum absolute atomic E-state index is 12.1. The van der Waals surface area contributed by atoms with Crippen molar-refractivity contribution >= 4 is 5.97 Å². The molecule has 21 heavy (non-hydrogen) atoms. The van der Waals surface area contributed by atoms with Gasteiger partial charge in [0.05, 0.1) is 19.4 Å². The van der Waals surface area contributed by atoms with Crippen molar-refractivity contribution in [3.05, 3.63) is 46.0 Å². The van der Waals surface area contributed by atoms with Crippen LogP contribution in [0.15, 0.2) is 29.1 Å². The van der Waals surface area contributed by atoms with Crippen molar-refractivity contribution in [2.24, 2.45) is 0 Å². The lowest BCUT2D eigenvalue weighted by Crippen LogP contribution is -2.19. The number of hydrogen-bond donors (Lipinski definition) is 1. The van der Waals surface area contributed by atoms with Crippen LogP contribution >= 0.6 is 0 Å². The molecular weight excluding hydrogens is 272 g/mol. The van der Waals surface area contributed by atoms with Gasteiger partial charge in [-0.2, -0.15) is 4.98 Å². The lowest BCUT2D eigenvalue weighted by molar-refractivity contribution is 0.0525. The Morgan fingerprint density at radius 3 is 2.52 bits per heavy atom. The second kappa shape index (κ2) is 6.21. The third-order valence-electron chi connectivity index (χ3n) is 2.96. The second-order valence-corrected chi connectivity index (χ2v) is 4.34. The molecule has 1 aromatic carbocycles. The minimum atomic E-state index is -0.510. The molecule has 1 N–H and O–H groups in total. The Morgan fingerprint density at radius 1 is 1.29 bits per heavy atom. The molecule has 0 aliphatic rings. The van der Waals surface area contributed by atoms with E-state index in [4.69, 9.17) is 9.47 Å². The number of esters is 1. The van der Waals surface area contributed by atoms with Gasteiger partial charge in [0, 0.05) is 11.3 Å². The Hall–Kier alpha value is -2.63. The number of aromatic amines is 1. The van der Waals surface area contributed by atoms with Crippen LogP contribution in [0.3, 0.4) is 0 Å². The van der Waals surface area contributed by atoms with Crippen LogP contribution in [0.25, 0.3) is 11.3 Å². The summed E-state index contributed by atoms with van der Waals surface area (Å²) < 4.78 is 10.1. The SMILES string of the molecule is CCOC(=O)c1c(-c2ccc(OC)cc2)nc(=O)[nH]c1C. The summed E-state index contributed by atoms with van der Waals surface area (Å²) in [6.45, 7) is 3.61. The van der Waals surface area contributed by atoms with Crippen molar-refractivity contribution in [3.8, 4) is 17.0 Å². The highest BCUT2D eigenvalue weighted by Crippen LogP contribution is 2.24. The van der Waals surface area contributed by atoms with Crippen molar-refractivity contribution in [2.75, 3.05) is 13.7 Å². The standard InChI is InChI=1S/C15H16N2O4/c1-4-21-14(18)12-9(2)16-15(19)17-13(12)10-5-7-11(20-3)8-6-10/h5-8H,4H2,1-3H3,(H,16,17,19). The minimum Gasteiger partial charge on any atom is -0.497 e. The number of nitrogens with zero attached hydrogens (tertiary/aromatic N) is 1.